The van der Waals surface area contributed by atoms with E-state index in [9.17, 15) is 16.8 Å². The molecule has 0 atom stereocenters. The van der Waals surface area contributed by atoms with E-state index >= 15 is 0 Å². The van der Waals surface area contributed by atoms with Crippen LogP contribution in [0.3, 0.4) is 0 Å². The molecule has 0 aliphatic heterocycles. The highest BCUT2D eigenvalue weighted by atomic mass is 32.3. The first-order valence-corrected chi connectivity index (χ1v) is 6.68. The third-order valence-electron chi connectivity index (χ3n) is 1.15. The molecular weight excluding hydrogens is 190 g/mol. The Morgan fingerprint density at radius 2 is 1.36 bits per heavy atom. The van der Waals surface area contributed by atoms with Crippen molar-refractivity contribution in [3.05, 3.63) is 0 Å². The second-order valence-corrected chi connectivity index (χ2v) is 7.08. The van der Waals surface area contributed by atoms with Crippen molar-refractivity contribution in [3.8, 4) is 0 Å². The van der Waals surface area contributed by atoms with Crippen LogP contribution in [-0.4, -0.2) is 40.5 Å². The fourth-order valence-electron chi connectivity index (χ4n) is 0.667. The molecule has 5 nitrogen and oxygen atoms in total. The maximum Gasteiger partial charge on any atom is 0.174 e. The molecule has 0 aromatic rings. The van der Waals surface area contributed by atoms with Crippen molar-refractivity contribution < 1.29 is 16.8 Å². The Kier molecular flexibility index (Phi) is 3.04. The molecule has 0 rings (SSSR count). The Bertz CT molecular complexity index is 282. The van der Waals surface area contributed by atoms with E-state index in [1.807, 2.05) is 0 Å². The summed E-state index contributed by atoms with van der Waals surface area (Å²) in [4.78, 5) is 0. The molecule has 0 saturated heterocycles. The van der Waals surface area contributed by atoms with Gasteiger partial charge in [-0.2, -0.15) is 0 Å². The van der Waals surface area contributed by atoms with Crippen molar-refractivity contribution in [3.63, 3.8) is 0 Å². The van der Waals surface area contributed by atoms with Crippen molar-refractivity contribution in [2.45, 2.75) is 4.58 Å². The summed E-state index contributed by atoms with van der Waals surface area (Å²) in [7, 11) is -7.17. The molecule has 0 aliphatic carbocycles. The largest absolute Gasteiger partial charge is 0.328 e. The highest BCUT2D eigenvalue weighted by Crippen LogP contribution is 2.04. The molecule has 7 heteroatoms. The first kappa shape index (κ1) is 10.9. The maximum absolute atomic E-state index is 10.7. The molecule has 0 aromatic heterocycles. The normalized spacial score (nSPS) is 13.8. The summed E-state index contributed by atoms with van der Waals surface area (Å²) >= 11 is 0. The van der Waals surface area contributed by atoms with Gasteiger partial charge in [0.15, 0.2) is 24.3 Å². The van der Waals surface area contributed by atoms with Crippen LogP contribution in [0.5, 0.6) is 0 Å². The van der Waals surface area contributed by atoms with E-state index in [1.54, 1.807) is 0 Å². The number of hydrogen-bond donors (Lipinski definition) is 1. The number of hydrogen-bond acceptors (Lipinski definition) is 5. The first-order valence-electron chi connectivity index (χ1n) is 2.77. The minimum atomic E-state index is -3.59. The summed E-state index contributed by atoms with van der Waals surface area (Å²) in [6.45, 7) is -0.391. The zero-order valence-corrected chi connectivity index (χ0v) is 7.94. The summed E-state index contributed by atoms with van der Waals surface area (Å²) in [6.07, 6.45) is 1.71. The number of rotatable bonds is 3. The smallest absolute Gasteiger partial charge is 0.174 e. The zero-order chi connectivity index (χ0) is 9.28. The lowest BCUT2D eigenvalue weighted by Gasteiger charge is -2.08. The van der Waals surface area contributed by atoms with Crippen molar-refractivity contribution in [1.82, 2.24) is 0 Å². The molecule has 0 unspecified atom stereocenters. The predicted molar refractivity (Wildman–Crippen MR) is 42.5 cm³/mol. The Hall–Kier alpha value is -0.140. The van der Waals surface area contributed by atoms with E-state index in [4.69, 9.17) is 5.73 Å². The van der Waals surface area contributed by atoms with Gasteiger partial charge in [-0.1, -0.05) is 0 Å². The van der Waals surface area contributed by atoms with Crippen LogP contribution in [0, 0.1) is 0 Å². The number of nitrogens with two attached hydrogens (primary N) is 1. The van der Waals surface area contributed by atoms with Gasteiger partial charge in [0.25, 0.3) is 0 Å². The lowest BCUT2D eigenvalue weighted by atomic mass is 10.8. The van der Waals surface area contributed by atoms with Gasteiger partial charge in [0.2, 0.25) is 0 Å². The standard InChI is InChI=1S/C4H11NO4S2/c1-10(6,7)4(3-5)11(2,8)9/h4H,3,5H2,1-2H3. The lowest BCUT2D eigenvalue weighted by molar-refractivity contribution is 0.581. The van der Waals surface area contributed by atoms with Crippen LogP contribution in [0.4, 0.5) is 0 Å². The van der Waals surface area contributed by atoms with Gasteiger partial charge >= 0.3 is 0 Å². The zero-order valence-electron chi connectivity index (χ0n) is 6.31. The molecule has 0 radical (unpaired) electrons. The quantitative estimate of drug-likeness (QED) is 0.591. The van der Waals surface area contributed by atoms with E-state index in [1.165, 1.54) is 0 Å². The molecule has 68 valence electrons. The second kappa shape index (κ2) is 3.08. The van der Waals surface area contributed by atoms with Gasteiger partial charge in [-0.3, -0.25) is 0 Å². The van der Waals surface area contributed by atoms with E-state index in [0.717, 1.165) is 12.5 Å². The lowest BCUT2D eigenvalue weighted by Crippen LogP contribution is -2.35. The molecule has 0 saturated carbocycles. The van der Waals surface area contributed by atoms with E-state index in [-0.39, 0.29) is 0 Å². The van der Waals surface area contributed by atoms with Crippen LogP contribution < -0.4 is 5.73 Å². The van der Waals surface area contributed by atoms with Gasteiger partial charge in [-0.15, -0.1) is 0 Å². The molecule has 2 N–H and O–H groups in total. The molecule has 0 bridgehead atoms. The van der Waals surface area contributed by atoms with Crippen LogP contribution in [0.2, 0.25) is 0 Å². The van der Waals surface area contributed by atoms with Crippen molar-refractivity contribution in [2.75, 3.05) is 19.1 Å². The van der Waals surface area contributed by atoms with Gasteiger partial charge in [0, 0.05) is 19.1 Å². The minimum Gasteiger partial charge on any atom is -0.328 e. The fraction of sp³-hybridized carbons (Fsp3) is 1.00. The van der Waals surface area contributed by atoms with Crippen LogP contribution in [0.25, 0.3) is 0 Å². The maximum atomic E-state index is 10.7. The van der Waals surface area contributed by atoms with Crippen molar-refractivity contribution in [1.29, 1.82) is 0 Å². The summed E-state index contributed by atoms with van der Waals surface area (Å²) in [5, 5.41) is 0. The molecule has 0 fully saturated rings. The van der Waals surface area contributed by atoms with Crippen LogP contribution >= 0.6 is 0 Å². The predicted octanol–water partition coefficient (Wildman–Crippen LogP) is -1.64. The van der Waals surface area contributed by atoms with Gasteiger partial charge in [-0.05, 0) is 0 Å². The number of sulfone groups is 2. The van der Waals surface area contributed by atoms with Crippen molar-refractivity contribution >= 4 is 19.7 Å². The van der Waals surface area contributed by atoms with Gasteiger partial charge in [0.05, 0.1) is 0 Å². The topological polar surface area (TPSA) is 94.3 Å². The van der Waals surface area contributed by atoms with E-state index in [0.29, 0.717) is 0 Å². The summed E-state index contributed by atoms with van der Waals surface area (Å²) in [6, 6.07) is 0. The average Bonchev–Trinajstić information content (AvgIpc) is 1.56. The molecule has 11 heavy (non-hydrogen) atoms. The van der Waals surface area contributed by atoms with Crippen LogP contribution in [-0.2, 0) is 19.7 Å². The Morgan fingerprint density at radius 3 is 1.36 bits per heavy atom. The second-order valence-electron chi connectivity index (χ2n) is 2.32. The SMILES string of the molecule is CS(=O)(=O)C(CN)S(C)(=O)=O. The molecule has 0 heterocycles. The molecule has 0 amide bonds. The summed E-state index contributed by atoms with van der Waals surface area (Å²) in [5.41, 5.74) is 4.99. The molecule has 0 aromatic carbocycles. The minimum absolute atomic E-state index is 0.391. The first-order chi connectivity index (χ1) is 4.69. The Labute approximate surface area is 66.4 Å². The third-order valence-corrected chi connectivity index (χ3v) is 5.54. The van der Waals surface area contributed by atoms with Crippen LogP contribution in [0.1, 0.15) is 0 Å². The Balaban J connectivity index is 5.05. The Morgan fingerprint density at radius 1 is 1.09 bits per heavy atom. The molecular formula is C4H11NO4S2. The summed E-state index contributed by atoms with van der Waals surface area (Å²) in [5.74, 6) is 0. The van der Waals surface area contributed by atoms with E-state index in [2.05, 4.69) is 0 Å². The highest BCUT2D eigenvalue weighted by Gasteiger charge is 2.29. The van der Waals surface area contributed by atoms with Gasteiger partial charge < -0.3 is 5.73 Å². The summed E-state index contributed by atoms with van der Waals surface area (Å²) < 4.78 is 41.5. The average molecular weight is 201 g/mol. The monoisotopic (exact) mass is 201 g/mol. The van der Waals surface area contributed by atoms with Crippen molar-refractivity contribution in [2.24, 2.45) is 5.73 Å². The van der Waals surface area contributed by atoms with E-state index < -0.39 is 30.8 Å². The molecule has 0 spiro atoms. The van der Waals surface area contributed by atoms with Crippen LogP contribution in [0.15, 0.2) is 0 Å². The van der Waals surface area contributed by atoms with Gasteiger partial charge in [0.1, 0.15) is 0 Å². The van der Waals surface area contributed by atoms with Gasteiger partial charge in [-0.25, -0.2) is 16.8 Å². The molecule has 0 aliphatic rings. The third kappa shape index (κ3) is 3.17. The highest BCUT2D eigenvalue weighted by molar-refractivity contribution is 8.08. The fourth-order valence-corrected chi connectivity index (χ4v) is 3.91.